The van der Waals surface area contributed by atoms with Gasteiger partial charge >= 0.3 is 0 Å². The first-order chi connectivity index (χ1) is 10.7. The molecule has 3 aromatic rings. The summed E-state index contributed by atoms with van der Waals surface area (Å²) in [4.78, 5) is 4.47. The summed E-state index contributed by atoms with van der Waals surface area (Å²) >= 11 is 0. The molecule has 0 aliphatic carbocycles. The Bertz CT molecular complexity index is 748. The Morgan fingerprint density at radius 3 is 2.59 bits per heavy atom. The minimum atomic E-state index is 0.647. The van der Waals surface area contributed by atoms with Crippen molar-refractivity contribution in [1.82, 2.24) is 10.1 Å². The van der Waals surface area contributed by atoms with Crippen molar-refractivity contribution < 1.29 is 9.26 Å². The normalized spacial score (nSPS) is 10.6. The molecule has 112 valence electrons. The van der Waals surface area contributed by atoms with E-state index in [1.54, 1.807) is 7.11 Å². The van der Waals surface area contributed by atoms with Gasteiger partial charge in [0.1, 0.15) is 5.75 Å². The summed E-state index contributed by atoms with van der Waals surface area (Å²) in [6, 6.07) is 16.1. The second-order valence-electron chi connectivity index (χ2n) is 5.23. The molecule has 0 spiro atoms. The largest absolute Gasteiger partial charge is 0.497 e. The maximum absolute atomic E-state index is 5.34. The molecule has 1 aromatic heterocycles. The Labute approximate surface area is 129 Å². The van der Waals surface area contributed by atoms with Gasteiger partial charge in [-0.15, -0.1) is 0 Å². The van der Waals surface area contributed by atoms with Gasteiger partial charge in [-0.25, -0.2) is 0 Å². The van der Waals surface area contributed by atoms with Crippen LogP contribution < -0.4 is 4.74 Å². The molecule has 0 N–H and O–H groups in total. The number of hydrogen-bond acceptors (Lipinski definition) is 4. The maximum Gasteiger partial charge on any atom is 0.227 e. The van der Waals surface area contributed by atoms with Crippen LogP contribution in [0.25, 0.3) is 11.4 Å². The van der Waals surface area contributed by atoms with Gasteiger partial charge in [0, 0.05) is 12.0 Å². The van der Waals surface area contributed by atoms with Crippen molar-refractivity contribution >= 4 is 0 Å². The van der Waals surface area contributed by atoms with E-state index < -0.39 is 0 Å². The molecule has 0 saturated heterocycles. The molecular formula is C18H18N2O2. The molecule has 0 aliphatic heterocycles. The molecule has 22 heavy (non-hydrogen) atoms. The smallest absolute Gasteiger partial charge is 0.227 e. The molecule has 0 unspecified atom stereocenters. The van der Waals surface area contributed by atoms with Crippen molar-refractivity contribution in [2.75, 3.05) is 7.11 Å². The van der Waals surface area contributed by atoms with Crippen LogP contribution in [0.4, 0.5) is 0 Å². The fraction of sp³-hybridized carbons (Fsp3) is 0.222. The minimum absolute atomic E-state index is 0.647. The van der Waals surface area contributed by atoms with Gasteiger partial charge in [0.15, 0.2) is 0 Å². The number of aryl methyl sites for hydroxylation is 3. The van der Waals surface area contributed by atoms with Gasteiger partial charge in [-0.3, -0.25) is 0 Å². The van der Waals surface area contributed by atoms with Crippen molar-refractivity contribution in [3.63, 3.8) is 0 Å². The molecule has 0 radical (unpaired) electrons. The average Bonchev–Trinajstić information content (AvgIpc) is 3.02. The Morgan fingerprint density at radius 1 is 1.05 bits per heavy atom. The highest BCUT2D eigenvalue weighted by Crippen LogP contribution is 2.18. The van der Waals surface area contributed by atoms with Crippen LogP contribution in [0.15, 0.2) is 53.1 Å². The van der Waals surface area contributed by atoms with E-state index in [9.17, 15) is 0 Å². The second-order valence-corrected chi connectivity index (χ2v) is 5.23. The fourth-order valence-corrected chi connectivity index (χ4v) is 2.30. The van der Waals surface area contributed by atoms with E-state index in [1.807, 2.05) is 37.3 Å². The lowest BCUT2D eigenvalue weighted by molar-refractivity contribution is 0.379. The molecule has 3 rings (SSSR count). The molecule has 4 nitrogen and oxygen atoms in total. The number of aromatic nitrogens is 2. The van der Waals surface area contributed by atoms with Crippen LogP contribution in [0, 0.1) is 6.92 Å². The van der Waals surface area contributed by atoms with E-state index in [4.69, 9.17) is 9.26 Å². The van der Waals surface area contributed by atoms with Crippen LogP contribution in [-0.4, -0.2) is 17.3 Å². The van der Waals surface area contributed by atoms with E-state index in [0.29, 0.717) is 11.7 Å². The SMILES string of the molecule is COc1ccc(CCc2nc(-c3cccc(C)c3)no2)cc1. The van der Waals surface area contributed by atoms with Gasteiger partial charge in [0.2, 0.25) is 11.7 Å². The predicted molar refractivity (Wildman–Crippen MR) is 84.9 cm³/mol. The number of rotatable bonds is 5. The lowest BCUT2D eigenvalue weighted by Crippen LogP contribution is -1.92. The lowest BCUT2D eigenvalue weighted by atomic mass is 10.1. The molecule has 1 heterocycles. The number of ether oxygens (including phenoxy) is 1. The van der Waals surface area contributed by atoms with Gasteiger partial charge in [-0.2, -0.15) is 4.98 Å². The number of methoxy groups -OCH3 is 1. The molecule has 0 atom stereocenters. The van der Waals surface area contributed by atoms with E-state index >= 15 is 0 Å². The highest BCUT2D eigenvalue weighted by Gasteiger charge is 2.08. The van der Waals surface area contributed by atoms with E-state index in [-0.39, 0.29) is 0 Å². The first kappa shape index (κ1) is 14.3. The third-order valence-electron chi connectivity index (χ3n) is 3.53. The first-order valence-electron chi connectivity index (χ1n) is 7.27. The van der Waals surface area contributed by atoms with Gasteiger partial charge in [0.05, 0.1) is 7.11 Å². The average molecular weight is 294 g/mol. The Hall–Kier alpha value is -2.62. The van der Waals surface area contributed by atoms with E-state index in [1.165, 1.54) is 11.1 Å². The zero-order valence-corrected chi connectivity index (χ0v) is 12.7. The van der Waals surface area contributed by atoms with Crippen molar-refractivity contribution in [1.29, 1.82) is 0 Å². The zero-order valence-electron chi connectivity index (χ0n) is 12.7. The molecular weight excluding hydrogens is 276 g/mol. The maximum atomic E-state index is 5.34. The summed E-state index contributed by atoms with van der Waals surface area (Å²) in [6.07, 6.45) is 1.59. The molecule has 0 aliphatic rings. The summed E-state index contributed by atoms with van der Waals surface area (Å²) < 4.78 is 10.5. The van der Waals surface area contributed by atoms with Crippen molar-refractivity contribution in [3.8, 4) is 17.1 Å². The molecule has 0 bridgehead atoms. The molecule has 0 saturated carbocycles. The molecule has 4 heteroatoms. The van der Waals surface area contributed by atoms with Gasteiger partial charge in [0.25, 0.3) is 0 Å². The molecule has 0 amide bonds. The van der Waals surface area contributed by atoms with E-state index in [0.717, 1.165) is 24.2 Å². The van der Waals surface area contributed by atoms with Gasteiger partial charge in [-0.05, 0) is 37.1 Å². The highest BCUT2D eigenvalue weighted by atomic mass is 16.5. The summed E-state index contributed by atoms with van der Waals surface area (Å²) in [5.74, 6) is 2.17. The van der Waals surface area contributed by atoms with Gasteiger partial charge < -0.3 is 9.26 Å². The van der Waals surface area contributed by atoms with E-state index in [2.05, 4.69) is 28.3 Å². The van der Waals surface area contributed by atoms with Crippen LogP contribution in [-0.2, 0) is 12.8 Å². The first-order valence-corrected chi connectivity index (χ1v) is 7.27. The molecule has 0 fully saturated rings. The summed E-state index contributed by atoms with van der Waals surface area (Å²) in [6.45, 7) is 2.05. The van der Waals surface area contributed by atoms with Crippen molar-refractivity contribution in [2.24, 2.45) is 0 Å². The third kappa shape index (κ3) is 3.34. The molecule has 2 aromatic carbocycles. The number of benzene rings is 2. The predicted octanol–water partition coefficient (Wildman–Crippen LogP) is 3.84. The summed E-state index contributed by atoms with van der Waals surface area (Å²) in [5, 5.41) is 4.06. The van der Waals surface area contributed by atoms with Crippen LogP contribution in [0.2, 0.25) is 0 Å². The topological polar surface area (TPSA) is 48.2 Å². The minimum Gasteiger partial charge on any atom is -0.497 e. The Morgan fingerprint density at radius 2 is 1.86 bits per heavy atom. The van der Waals surface area contributed by atoms with Crippen molar-refractivity contribution in [2.45, 2.75) is 19.8 Å². The van der Waals surface area contributed by atoms with Crippen LogP contribution in [0.3, 0.4) is 0 Å². The monoisotopic (exact) mass is 294 g/mol. The van der Waals surface area contributed by atoms with Crippen LogP contribution in [0.5, 0.6) is 5.75 Å². The quantitative estimate of drug-likeness (QED) is 0.717. The fourth-order valence-electron chi connectivity index (χ4n) is 2.30. The van der Waals surface area contributed by atoms with Gasteiger partial charge in [-0.1, -0.05) is 41.1 Å². The lowest BCUT2D eigenvalue weighted by Gasteiger charge is -2.01. The summed E-state index contributed by atoms with van der Waals surface area (Å²) in [5.41, 5.74) is 3.39. The number of hydrogen-bond donors (Lipinski definition) is 0. The Balaban J connectivity index is 1.66. The standard InChI is InChI=1S/C18H18N2O2/c1-13-4-3-5-15(12-13)18-19-17(22-20-18)11-8-14-6-9-16(21-2)10-7-14/h3-7,9-10,12H,8,11H2,1-2H3. The Kier molecular flexibility index (Phi) is 4.19. The summed E-state index contributed by atoms with van der Waals surface area (Å²) in [7, 11) is 1.67. The second kappa shape index (κ2) is 6.43. The van der Waals surface area contributed by atoms with Crippen LogP contribution >= 0.6 is 0 Å². The zero-order chi connectivity index (χ0) is 15.4. The van der Waals surface area contributed by atoms with Crippen molar-refractivity contribution in [3.05, 3.63) is 65.5 Å². The highest BCUT2D eigenvalue weighted by molar-refractivity contribution is 5.55. The third-order valence-corrected chi connectivity index (χ3v) is 3.53. The number of nitrogens with zero attached hydrogens (tertiary/aromatic N) is 2. The van der Waals surface area contributed by atoms with Crippen LogP contribution in [0.1, 0.15) is 17.0 Å².